The fraction of sp³-hybridized carbons (Fsp3) is 0.533. The average molecular weight is 330 g/mol. The van der Waals surface area contributed by atoms with Crippen molar-refractivity contribution in [2.24, 2.45) is 11.8 Å². The van der Waals surface area contributed by atoms with Gasteiger partial charge in [-0.25, -0.2) is 8.42 Å². The molecule has 2 atom stereocenters. The van der Waals surface area contributed by atoms with Gasteiger partial charge < -0.3 is 4.90 Å². The molecule has 2 rings (SSSR count). The summed E-state index contributed by atoms with van der Waals surface area (Å²) in [5, 5.41) is 0. The number of amides is 1. The summed E-state index contributed by atoms with van der Waals surface area (Å²) in [7, 11) is 1.63. The number of hydrogen-bond acceptors (Lipinski definition) is 3. The van der Waals surface area contributed by atoms with Gasteiger partial charge in [0.1, 0.15) is 0 Å². The van der Waals surface area contributed by atoms with Gasteiger partial charge in [0, 0.05) is 29.3 Å². The van der Waals surface area contributed by atoms with Gasteiger partial charge in [-0.1, -0.05) is 26.8 Å². The van der Waals surface area contributed by atoms with E-state index < -0.39 is 9.05 Å². The van der Waals surface area contributed by atoms with Gasteiger partial charge in [0.25, 0.3) is 15.0 Å². The van der Waals surface area contributed by atoms with E-state index in [0.717, 1.165) is 0 Å². The van der Waals surface area contributed by atoms with Crippen molar-refractivity contribution in [2.75, 3.05) is 13.1 Å². The smallest absolute Gasteiger partial charge is 0.261 e. The van der Waals surface area contributed by atoms with Crippen molar-refractivity contribution in [1.29, 1.82) is 0 Å². The second-order valence-corrected chi connectivity index (χ2v) is 8.31. The third-order valence-corrected chi connectivity index (χ3v) is 5.64. The average Bonchev–Trinajstić information content (AvgIpc) is 2.76. The number of halogens is 1. The van der Waals surface area contributed by atoms with Crippen LogP contribution in [0.5, 0.6) is 0 Å². The number of carbonyl (C=O) groups excluding carboxylic acids is 1. The molecular weight excluding hydrogens is 310 g/mol. The highest BCUT2D eigenvalue weighted by molar-refractivity contribution is 8.13. The maximum Gasteiger partial charge on any atom is 0.261 e. The summed E-state index contributed by atoms with van der Waals surface area (Å²) in [5.74, 6) is 0.788. The van der Waals surface area contributed by atoms with E-state index in [2.05, 4.69) is 13.8 Å². The SMILES string of the molecule is CCc1ccc(C(=O)N2CC(C)C(C)C2)cc1S(=O)(=O)Cl. The third kappa shape index (κ3) is 3.40. The predicted molar refractivity (Wildman–Crippen MR) is 83.1 cm³/mol. The molecule has 1 aromatic carbocycles. The monoisotopic (exact) mass is 329 g/mol. The van der Waals surface area contributed by atoms with E-state index in [1.54, 1.807) is 17.0 Å². The van der Waals surface area contributed by atoms with Gasteiger partial charge in [0.05, 0.1) is 4.90 Å². The second kappa shape index (κ2) is 5.97. The van der Waals surface area contributed by atoms with Crippen LogP contribution in [0.4, 0.5) is 0 Å². The minimum absolute atomic E-state index is 0.0396. The van der Waals surface area contributed by atoms with E-state index in [4.69, 9.17) is 10.7 Å². The van der Waals surface area contributed by atoms with Crippen LogP contribution < -0.4 is 0 Å². The topological polar surface area (TPSA) is 54.5 Å². The fourth-order valence-electron chi connectivity index (χ4n) is 2.68. The Hall–Kier alpha value is -1.07. The van der Waals surface area contributed by atoms with E-state index >= 15 is 0 Å². The molecule has 1 amide bonds. The summed E-state index contributed by atoms with van der Waals surface area (Å²) >= 11 is 0. The Labute approximate surface area is 130 Å². The molecule has 4 nitrogen and oxygen atoms in total. The van der Waals surface area contributed by atoms with Crippen molar-refractivity contribution in [2.45, 2.75) is 32.1 Å². The predicted octanol–water partition coefficient (Wildman–Crippen LogP) is 2.90. The van der Waals surface area contributed by atoms with Crippen LogP contribution in [-0.2, 0) is 15.5 Å². The van der Waals surface area contributed by atoms with E-state index in [0.29, 0.717) is 42.5 Å². The lowest BCUT2D eigenvalue weighted by atomic mass is 10.0. The number of rotatable bonds is 3. The lowest BCUT2D eigenvalue weighted by molar-refractivity contribution is 0.0784. The summed E-state index contributed by atoms with van der Waals surface area (Å²) in [6.45, 7) is 7.50. The summed E-state index contributed by atoms with van der Waals surface area (Å²) in [6.07, 6.45) is 0.549. The Kier molecular flexibility index (Phi) is 4.63. The molecule has 0 bridgehead atoms. The first-order chi connectivity index (χ1) is 9.74. The number of likely N-dealkylation sites (tertiary alicyclic amines) is 1. The van der Waals surface area contributed by atoms with Gasteiger partial charge in [0.15, 0.2) is 0 Å². The minimum Gasteiger partial charge on any atom is -0.338 e. The molecule has 1 fully saturated rings. The maximum absolute atomic E-state index is 12.5. The molecule has 2 unspecified atom stereocenters. The Morgan fingerprint density at radius 2 is 1.86 bits per heavy atom. The number of aryl methyl sites for hydroxylation is 1. The van der Waals surface area contributed by atoms with Gasteiger partial charge >= 0.3 is 0 Å². The highest BCUT2D eigenvalue weighted by atomic mass is 35.7. The normalized spacial score (nSPS) is 22.6. The molecule has 21 heavy (non-hydrogen) atoms. The van der Waals surface area contributed by atoms with Crippen LogP contribution in [0.25, 0.3) is 0 Å². The van der Waals surface area contributed by atoms with Crippen molar-refractivity contribution in [1.82, 2.24) is 4.90 Å². The van der Waals surface area contributed by atoms with Crippen LogP contribution in [0.2, 0.25) is 0 Å². The third-order valence-electron chi connectivity index (χ3n) is 4.23. The van der Waals surface area contributed by atoms with Crippen molar-refractivity contribution >= 4 is 25.6 Å². The van der Waals surface area contributed by atoms with Crippen molar-refractivity contribution in [3.63, 3.8) is 0 Å². The molecule has 1 saturated heterocycles. The Morgan fingerprint density at radius 3 is 2.33 bits per heavy atom. The molecule has 1 aliphatic rings. The fourth-order valence-corrected chi connectivity index (χ4v) is 3.91. The van der Waals surface area contributed by atoms with E-state index in [1.807, 2.05) is 6.92 Å². The molecule has 0 N–H and O–H groups in total. The van der Waals surface area contributed by atoms with Crippen LogP contribution in [0, 0.1) is 11.8 Å². The Morgan fingerprint density at radius 1 is 1.29 bits per heavy atom. The van der Waals surface area contributed by atoms with Crippen molar-refractivity contribution < 1.29 is 13.2 Å². The molecule has 0 aromatic heterocycles. The molecule has 6 heteroatoms. The zero-order valence-electron chi connectivity index (χ0n) is 12.5. The van der Waals surface area contributed by atoms with E-state index in [-0.39, 0.29) is 10.8 Å². The molecule has 1 heterocycles. The number of nitrogens with zero attached hydrogens (tertiary/aromatic N) is 1. The number of carbonyl (C=O) groups is 1. The molecule has 116 valence electrons. The van der Waals surface area contributed by atoms with Gasteiger partial charge in [0.2, 0.25) is 0 Å². The van der Waals surface area contributed by atoms with Crippen LogP contribution >= 0.6 is 10.7 Å². The molecule has 0 saturated carbocycles. The second-order valence-electron chi connectivity index (χ2n) is 5.78. The quantitative estimate of drug-likeness (QED) is 0.801. The molecule has 0 aliphatic carbocycles. The standard InChI is InChI=1S/C15H20ClNO3S/c1-4-12-5-6-13(7-14(12)21(16,19)20)15(18)17-8-10(2)11(3)9-17/h5-7,10-11H,4,8-9H2,1-3H3. The van der Waals surface area contributed by atoms with Gasteiger partial charge in [-0.05, 0) is 36.0 Å². The zero-order valence-corrected chi connectivity index (χ0v) is 14.0. The van der Waals surface area contributed by atoms with Crippen molar-refractivity contribution in [3.05, 3.63) is 29.3 Å². The molecule has 0 spiro atoms. The van der Waals surface area contributed by atoms with Crippen LogP contribution in [0.3, 0.4) is 0 Å². The van der Waals surface area contributed by atoms with Gasteiger partial charge in [-0.15, -0.1) is 0 Å². The van der Waals surface area contributed by atoms with Crippen LogP contribution in [0.1, 0.15) is 36.7 Å². The zero-order chi connectivity index (χ0) is 15.8. The van der Waals surface area contributed by atoms with Crippen LogP contribution in [-0.4, -0.2) is 32.3 Å². The number of benzene rings is 1. The lowest BCUT2D eigenvalue weighted by Gasteiger charge is -2.17. The summed E-state index contributed by atoms with van der Waals surface area (Å²) < 4.78 is 23.3. The largest absolute Gasteiger partial charge is 0.338 e. The molecule has 1 aromatic rings. The molecular formula is C15H20ClNO3S. The Bertz CT molecular complexity index is 647. The molecule has 0 radical (unpaired) electrons. The van der Waals surface area contributed by atoms with Gasteiger partial charge in [-0.3, -0.25) is 4.79 Å². The summed E-state index contributed by atoms with van der Waals surface area (Å²) in [5.41, 5.74) is 1.01. The number of hydrogen-bond donors (Lipinski definition) is 0. The van der Waals surface area contributed by atoms with E-state index in [1.165, 1.54) is 6.07 Å². The highest BCUT2D eigenvalue weighted by Crippen LogP contribution is 2.26. The minimum atomic E-state index is -3.85. The first kappa shape index (κ1) is 16.3. The Balaban J connectivity index is 2.35. The first-order valence-corrected chi connectivity index (χ1v) is 9.41. The van der Waals surface area contributed by atoms with Crippen molar-refractivity contribution in [3.8, 4) is 0 Å². The molecule has 1 aliphatic heterocycles. The first-order valence-electron chi connectivity index (χ1n) is 7.11. The lowest BCUT2D eigenvalue weighted by Crippen LogP contribution is -2.29. The maximum atomic E-state index is 12.5. The van der Waals surface area contributed by atoms with Crippen LogP contribution in [0.15, 0.2) is 23.1 Å². The van der Waals surface area contributed by atoms with E-state index in [9.17, 15) is 13.2 Å². The summed E-state index contributed by atoms with van der Waals surface area (Å²) in [4.78, 5) is 14.3. The summed E-state index contributed by atoms with van der Waals surface area (Å²) in [6, 6.07) is 4.75. The van der Waals surface area contributed by atoms with Gasteiger partial charge in [-0.2, -0.15) is 0 Å². The highest BCUT2D eigenvalue weighted by Gasteiger charge is 2.30.